The number of carbonyl (C=O) groups is 2. The van der Waals surface area contributed by atoms with Gasteiger partial charge in [0.05, 0.1) is 17.7 Å². The van der Waals surface area contributed by atoms with Crippen LogP contribution in [0.25, 0.3) is 0 Å². The summed E-state index contributed by atoms with van der Waals surface area (Å²) < 4.78 is 10.9. The Morgan fingerprint density at radius 3 is 2.82 bits per heavy atom. The number of nitrogens with one attached hydrogen (secondary N) is 1. The number of carboxylic acid groups (broad SMARTS) is 1. The van der Waals surface area contributed by atoms with Gasteiger partial charge >= 0.3 is 12.1 Å². The molecular formula is C16H19NO5. The van der Waals surface area contributed by atoms with Crippen LogP contribution in [0, 0.1) is 5.92 Å². The second kappa shape index (κ2) is 5.61. The maximum absolute atomic E-state index is 11.9. The Bertz CT molecular complexity index is 575. The summed E-state index contributed by atoms with van der Waals surface area (Å²) in [4.78, 5) is 23.4. The third kappa shape index (κ3) is 2.66. The zero-order valence-corrected chi connectivity index (χ0v) is 12.3. The van der Waals surface area contributed by atoms with Crippen LogP contribution in [0.5, 0.6) is 0 Å². The fourth-order valence-corrected chi connectivity index (χ4v) is 3.46. The fourth-order valence-electron chi connectivity index (χ4n) is 3.46. The lowest BCUT2D eigenvalue weighted by Gasteiger charge is -2.30. The smallest absolute Gasteiger partial charge is 0.407 e. The van der Waals surface area contributed by atoms with Crippen molar-refractivity contribution in [2.24, 2.45) is 5.92 Å². The lowest BCUT2D eigenvalue weighted by molar-refractivity contribution is -0.147. The Balaban J connectivity index is 1.60. The van der Waals surface area contributed by atoms with Crippen molar-refractivity contribution in [2.45, 2.75) is 44.1 Å². The van der Waals surface area contributed by atoms with E-state index in [4.69, 9.17) is 9.47 Å². The Labute approximate surface area is 128 Å². The van der Waals surface area contributed by atoms with Crippen molar-refractivity contribution in [1.29, 1.82) is 0 Å². The van der Waals surface area contributed by atoms with Crippen LogP contribution in [0.3, 0.4) is 0 Å². The number of carboxylic acids is 1. The number of ether oxygens (including phenoxy) is 2. The van der Waals surface area contributed by atoms with E-state index in [2.05, 4.69) is 5.32 Å². The van der Waals surface area contributed by atoms with Gasteiger partial charge in [-0.1, -0.05) is 30.3 Å². The quantitative estimate of drug-likeness (QED) is 0.888. The Morgan fingerprint density at radius 2 is 2.14 bits per heavy atom. The summed E-state index contributed by atoms with van der Waals surface area (Å²) in [6.07, 6.45) is 0.589. The third-order valence-electron chi connectivity index (χ3n) is 4.53. The predicted molar refractivity (Wildman–Crippen MR) is 77.2 cm³/mol. The molecule has 2 aliphatic rings. The molecule has 2 fully saturated rings. The molecule has 0 saturated carbocycles. The average molecular weight is 305 g/mol. The Hall–Kier alpha value is -2.08. The molecule has 2 heterocycles. The van der Waals surface area contributed by atoms with Crippen molar-refractivity contribution < 1.29 is 24.2 Å². The Kier molecular flexibility index (Phi) is 3.78. The summed E-state index contributed by atoms with van der Waals surface area (Å²) in [5.41, 5.74) is 0.178. The summed E-state index contributed by atoms with van der Waals surface area (Å²) in [5, 5.41) is 12.1. The van der Waals surface area contributed by atoms with Gasteiger partial charge in [-0.25, -0.2) is 4.79 Å². The standard InChI is InChI=1S/C16H19NO5/c1-16-8-7-11(22-16)13(12(16)14(18)19)17-15(20)21-9-10-5-3-2-4-6-10/h2-6,11-13H,7-9H2,1H3,(H,17,20)(H,18,19)/t11-,12+,13-,16+/m0/s1. The molecule has 118 valence electrons. The summed E-state index contributed by atoms with van der Waals surface area (Å²) in [7, 11) is 0. The molecule has 0 unspecified atom stereocenters. The number of fused-ring (bicyclic) bond motifs is 2. The van der Waals surface area contributed by atoms with Gasteiger partial charge in [0.1, 0.15) is 12.5 Å². The second-order valence-corrected chi connectivity index (χ2v) is 6.06. The monoisotopic (exact) mass is 305 g/mol. The highest BCUT2D eigenvalue weighted by Gasteiger charge is 2.60. The number of hydrogen-bond acceptors (Lipinski definition) is 4. The highest BCUT2D eigenvalue weighted by molar-refractivity contribution is 5.76. The lowest BCUT2D eigenvalue weighted by atomic mass is 9.76. The second-order valence-electron chi connectivity index (χ2n) is 6.06. The van der Waals surface area contributed by atoms with Crippen LogP contribution in [-0.2, 0) is 20.9 Å². The first-order valence-electron chi connectivity index (χ1n) is 7.37. The third-order valence-corrected chi connectivity index (χ3v) is 4.53. The molecule has 2 bridgehead atoms. The molecule has 2 aliphatic heterocycles. The number of aliphatic carboxylic acids is 1. The molecular weight excluding hydrogens is 286 g/mol. The van der Waals surface area contributed by atoms with E-state index in [0.29, 0.717) is 6.42 Å². The Morgan fingerprint density at radius 1 is 1.41 bits per heavy atom. The molecule has 0 radical (unpaired) electrons. The van der Waals surface area contributed by atoms with E-state index in [1.807, 2.05) is 30.3 Å². The van der Waals surface area contributed by atoms with Crippen LogP contribution < -0.4 is 5.32 Å². The number of benzene rings is 1. The van der Waals surface area contributed by atoms with Gasteiger partial charge in [-0.15, -0.1) is 0 Å². The summed E-state index contributed by atoms with van der Waals surface area (Å²) in [6, 6.07) is 8.78. The molecule has 0 spiro atoms. The number of amides is 1. The molecule has 22 heavy (non-hydrogen) atoms. The normalized spacial score (nSPS) is 32.7. The van der Waals surface area contributed by atoms with Crippen LogP contribution in [0.1, 0.15) is 25.3 Å². The molecule has 1 aromatic carbocycles. The van der Waals surface area contributed by atoms with Gasteiger partial charge in [-0.2, -0.15) is 0 Å². The molecule has 2 N–H and O–H groups in total. The van der Waals surface area contributed by atoms with E-state index in [1.54, 1.807) is 6.92 Å². The van der Waals surface area contributed by atoms with Gasteiger partial charge in [0.15, 0.2) is 0 Å². The molecule has 4 atom stereocenters. The number of rotatable bonds is 4. The number of carbonyl (C=O) groups excluding carboxylic acids is 1. The van der Waals surface area contributed by atoms with Crippen molar-refractivity contribution in [3.8, 4) is 0 Å². The van der Waals surface area contributed by atoms with Gasteiger partial charge in [0, 0.05) is 0 Å². The first kappa shape index (κ1) is 14.8. The van der Waals surface area contributed by atoms with Gasteiger partial charge in [-0.05, 0) is 25.3 Å². The van der Waals surface area contributed by atoms with Crippen molar-refractivity contribution in [2.75, 3.05) is 0 Å². The van der Waals surface area contributed by atoms with Crippen LogP contribution >= 0.6 is 0 Å². The molecule has 6 heteroatoms. The first-order valence-corrected chi connectivity index (χ1v) is 7.37. The van der Waals surface area contributed by atoms with Gasteiger partial charge in [0.2, 0.25) is 0 Å². The largest absolute Gasteiger partial charge is 0.481 e. The number of alkyl carbamates (subject to hydrolysis) is 1. The molecule has 6 nitrogen and oxygen atoms in total. The van der Waals surface area contributed by atoms with Crippen LogP contribution in [0.4, 0.5) is 4.79 Å². The van der Waals surface area contributed by atoms with Crippen molar-refractivity contribution >= 4 is 12.1 Å². The van der Waals surface area contributed by atoms with Crippen molar-refractivity contribution in [3.63, 3.8) is 0 Å². The summed E-state index contributed by atoms with van der Waals surface area (Å²) in [5.74, 6) is -1.69. The first-order chi connectivity index (χ1) is 10.5. The minimum absolute atomic E-state index is 0.153. The fraction of sp³-hybridized carbons (Fsp3) is 0.500. The van der Waals surface area contributed by atoms with E-state index < -0.39 is 29.6 Å². The average Bonchev–Trinajstić information content (AvgIpc) is 2.99. The lowest BCUT2D eigenvalue weighted by Crippen LogP contribution is -2.52. The van der Waals surface area contributed by atoms with Gasteiger partial charge in [0.25, 0.3) is 0 Å². The van der Waals surface area contributed by atoms with E-state index in [-0.39, 0.29) is 12.7 Å². The highest BCUT2D eigenvalue weighted by atomic mass is 16.6. The molecule has 1 aromatic rings. The molecule has 2 saturated heterocycles. The molecule has 1 amide bonds. The zero-order chi connectivity index (χ0) is 15.7. The predicted octanol–water partition coefficient (Wildman–Crippen LogP) is 1.93. The molecule has 0 aliphatic carbocycles. The highest BCUT2D eigenvalue weighted by Crippen LogP contribution is 2.47. The summed E-state index contributed by atoms with van der Waals surface area (Å²) >= 11 is 0. The van der Waals surface area contributed by atoms with E-state index in [9.17, 15) is 14.7 Å². The maximum Gasteiger partial charge on any atom is 0.407 e. The van der Waals surface area contributed by atoms with Gasteiger partial charge in [-0.3, -0.25) is 4.79 Å². The van der Waals surface area contributed by atoms with Gasteiger partial charge < -0.3 is 19.9 Å². The minimum Gasteiger partial charge on any atom is -0.481 e. The van der Waals surface area contributed by atoms with Crippen LogP contribution in [0.2, 0.25) is 0 Å². The summed E-state index contributed by atoms with van der Waals surface area (Å²) in [6.45, 7) is 1.95. The van der Waals surface area contributed by atoms with Crippen molar-refractivity contribution in [1.82, 2.24) is 5.32 Å². The number of hydrogen-bond donors (Lipinski definition) is 2. The van der Waals surface area contributed by atoms with E-state index in [1.165, 1.54) is 0 Å². The molecule has 0 aromatic heterocycles. The van der Waals surface area contributed by atoms with Crippen molar-refractivity contribution in [3.05, 3.63) is 35.9 Å². The SMILES string of the molecule is C[C@]12CC[C@H](O1)[C@H](NC(=O)OCc1ccccc1)[C@@H]2C(=O)O. The van der Waals surface area contributed by atoms with E-state index in [0.717, 1.165) is 12.0 Å². The zero-order valence-electron chi connectivity index (χ0n) is 12.3. The topological polar surface area (TPSA) is 84.9 Å². The maximum atomic E-state index is 11.9. The van der Waals surface area contributed by atoms with Crippen LogP contribution in [-0.4, -0.2) is 34.9 Å². The minimum atomic E-state index is -0.946. The van der Waals surface area contributed by atoms with E-state index >= 15 is 0 Å². The molecule has 3 rings (SSSR count). The van der Waals surface area contributed by atoms with Crippen LogP contribution in [0.15, 0.2) is 30.3 Å².